The first-order chi connectivity index (χ1) is 12.2. The van der Waals surface area contributed by atoms with Crippen molar-refractivity contribution in [1.82, 2.24) is 25.0 Å². The SMILES string of the molecule is CCc1nnc2n1CCN(CC(=O)NC(c1ccccc1)C1CC1)C2. The summed E-state index contributed by atoms with van der Waals surface area (Å²) in [5, 5.41) is 11.8. The van der Waals surface area contributed by atoms with Crippen LogP contribution in [0.15, 0.2) is 30.3 Å². The van der Waals surface area contributed by atoms with Gasteiger partial charge in [-0.1, -0.05) is 37.3 Å². The van der Waals surface area contributed by atoms with Gasteiger partial charge in [-0.15, -0.1) is 10.2 Å². The molecule has 1 aliphatic heterocycles. The fourth-order valence-electron chi connectivity index (χ4n) is 3.65. The van der Waals surface area contributed by atoms with E-state index in [-0.39, 0.29) is 11.9 Å². The van der Waals surface area contributed by atoms with Crippen molar-refractivity contribution >= 4 is 5.91 Å². The van der Waals surface area contributed by atoms with Crippen LogP contribution in [-0.2, 0) is 24.3 Å². The van der Waals surface area contributed by atoms with Crippen molar-refractivity contribution in [3.8, 4) is 0 Å². The molecule has 2 aliphatic rings. The van der Waals surface area contributed by atoms with Gasteiger partial charge in [-0.2, -0.15) is 0 Å². The lowest BCUT2D eigenvalue weighted by molar-refractivity contribution is -0.123. The summed E-state index contributed by atoms with van der Waals surface area (Å²) in [6.07, 6.45) is 3.30. The van der Waals surface area contributed by atoms with Crippen LogP contribution in [0.4, 0.5) is 0 Å². The van der Waals surface area contributed by atoms with Crippen molar-refractivity contribution in [3.05, 3.63) is 47.5 Å². The van der Waals surface area contributed by atoms with Crippen molar-refractivity contribution in [2.24, 2.45) is 5.92 Å². The van der Waals surface area contributed by atoms with Gasteiger partial charge in [-0.05, 0) is 24.3 Å². The Bertz CT molecular complexity index is 738. The number of aromatic nitrogens is 3. The highest BCUT2D eigenvalue weighted by Gasteiger charge is 2.33. The molecule has 25 heavy (non-hydrogen) atoms. The van der Waals surface area contributed by atoms with Crippen LogP contribution in [0.3, 0.4) is 0 Å². The predicted molar refractivity (Wildman–Crippen MR) is 94.7 cm³/mol. The first-order valence-electron chi connectivity index (χ1n) is 9.22. The zero-order valence-electron chi connectivity index (χ0n) is 14.7. The molecule has 1 fully saturated rings. The van der Waals surface area contributed by atoms with E-state index >= 15 is 0 Å². The molecule has 1 atom stereocenters. The predicted octanol–water partition coefficient (Wildman–Crippen LogP) is 1.92. The molecular formula is C19H25N5O. The molecule has 0 saturated heterocycles. The highest BCUT2D eigenvalue weighted by molar-refractivity contribution is 5.78. The van der Waals surface area contributed by atoms with Gasteiger partial charge in [0.05, 0.1) is 19.1 Å². The number of hydrogen-bond acceptors (Lipinski definition) is 4. The minimum atomic E-state index is 0.101. The lowest BCUT2D eigenvalue weighted by Gasteiger charge is -2.28. The maximum Gasteiger partial charge on any atom is 0.234 e. The fourth-order valence-corrected chi connectivity index (χ4v) is 3.65. The first kappa shape index (κ1) is 16.3. The molecule has 6 heteroatoms. The topological polar surface area (TPSA) is 63.1 Å². The van der Waals surface area contributed by atoms with E-state index in [4.69, 9.17) is 0 Å². The molecule has 2 aromatic rings. The summed E-state index contributed by atoms with van der Waals surface area (Å²) < 4.78 is 2.19. The first-order valence-corrected chi connectivity index (χ1v) is 9.22. The van der Waals surface area contributed by atoms with E-state index in [0.29, 0.717) is 19.0 Å². The van der Waals surface area contributed by atoms with E-state index in [1.807, 2.05) is 18.2 Å². The number of hydrogen-bond donors (Lipinski definition) is 1. The monoisotopic (exact) mass is 339 g/mol. The number of fused-ring (bicyclic) bond motifs is 1. The van der Waals surface area contributed by atoms with Gasteiger partial charge in [-0.3, -0.25) is 9.69 Å². The molecule has 1 N–H and O–H groups in total. The molecule has 4 rings (SSSR count). The Labute approximate surface area is 148 Å². The van der Waals surface area contributed by atoms with Gasteiger partial charge in [0, 0.05) is 19.5 Å². The van der Waals surface area contributed by atoms with Crippen molar-refractivity contribution in [1.29, 1.82) is 0 Å². The van der Waals surface area contributed by atoms with Gasteiger partial charge >= 0.3 is 0 Å². The lowest BCUT2D eigenvalue weighted by Crippen LogP contribution is -2.42. The maximum absolute atomic E-state index is 12.6. The Morgan fingerprint density at radius 1 is 1.24 bits per heavy atom. The second kappa shape index (κ2) is 6.96. The molecule has 1 aliphatic carbocycles. The van der Waals surface area contributed by atoms with Crippen LogP contribution in [0.1, 0.15) is 43.0 Å². The molecule has 0 radical (unpaired) electrons. The van der Waals surface area contributed by atoms with Gasteiger partial charge < -0.3 is 9.88 Å². The standard InChI is InChI=1S/C19H25N5O/c1-2-16-21-22-17-12-23(10-11-24(16)17)13-18(25)20-19(15-8-9-15)14-6-4-3-5-7-14/h3-7,15,19H,2,8-13H2,1H3,(H,20,25). The Morgan fingerprint density at radius 3 is 2.76 bits per heavy atom. The van der Waals surface area contributed by atoms with Crippen molar-refractivity contribution in [3.63, 3.8) is 0 Å². The number of nitrogens with one attached hydrogen (secondary N) is 1. The molecule has 0 spiro atoms. The van der Waals surface area contributed by atoms with Gasteiger partial charge in [0.1, 0.15) is 11.6 Å². The molecule has 1 saturated carbocycles. The van der Waals surface area contributed by atoms with Gasteiger partial charge in [0.15, 0.2) is 0 Å². The van der Waals surface area contributed by atoms with Crippen LogP contribution >= 0.6 is 0 Å². The summed E-state index contributed by atoms with van der Waals surface area (Å²) in [5.74, 6) is 2.70. The molecule has 2 heterocycles. The number of amides is 1. The van der Waals surface area contributed by atoms with Crippen molar-refractivity contribution in [2.45, 2.75) is 45.3 Å². The quantitative estimate of drug-likeness (QED) is 0.873. The molecule has 1 unspecified atom stereocenters. The number of rotatable bonds is 6. The molecule has 1 aromatic carbocycles. The zero-order valence-corrected chi connectivity index (χ0v) is 14.7. The van der Waals surface area contributed by atoms with Gasteiger partial charge in [-0.25, -0.2) is 0 Å². The highest BCUT2D eigenvalue weighted by atomic mass is 16.2. The minimum absolute atomic E-state index is 0.101. The van der Waals surface area contributed by atoms with Crippen molar-refractivity contribution in [2.75, 3.05) is 13.1 Å². The Hall–Kier alpha value is -2.21. The third-order valence-corrected chi connectivity index (χ3v) is 5.16. The second-order valence-electron chi connectivity index (χ2n) is 7.04. The van der Waals surface area contributed by atoms with Crippen LogP contribution in [0.25, 0.3) is 0 Å². The number of carbonyl (C=O) groups is 1. The Balaban J connectivity index is 1.37. The number of benzene rings is 1. The summed E-state index contributed by atoms with van der Waals surface area (Å²) >= 11 is 0. The van der Waals surface area contributed by atoms with E-state index < -0.39 is 0 Å². The van der Waals surface area contributed by atoms with E-state index in [2.05, 4.69) is 44.0 Å². The van der Waals surface area contributed by atoms with E-state index in [1.165, 1.54) is 18.4 Å². The second-order valence-corrected chi connectivity index (χ2v) is 7.04. The van der Waals surface area contributed by atoms with Crippen LogP contribution in [0, 0.1) is 5.92 Å². The lowest BCUT2D eigenvalue weighted by atomic mass is 10.0. The summed E-state index contributed by atoms with van der Waals surface area (Å²) in [4.78, 5) is 14.8. The van der Waals surface area contributed by atoms with Gasteiger partial charge in [0.25, 0.3) is 0 Å². The van der Waals surface area contributed by atoms with Crippen LogP contribution in [-0.4, -0.2) is 38.7 Å². The summed E-state index contributed by atoms with van der Waals surface area (Å²) in [6.45, 7) is 4.94. The zero-order chi connectivity index (χ0) is 17.2. The molecule has 0 bridgehead atoms. The summed E-state index contributed by atoms with van der Waals surface area (Å²) in [6, 6.07) is 10.5. The third kappa shape index (κ3) is 3.58. The number of nitrogens with zero attached hydrogens (tertiary/aromatic N) is 4. The van der Waals surface area contributed by atoms with Crippen LogP contribution in [0.5, 0.6) is 0 Å². The third-order valence-electron chi connectivity index (χ3n) is 5.16. The van der Waals surface area contributed by atoms with Crippen molar-refractivity contribution < 1.29 is 4.79 Å². The van der Waals surface area contributed by atoms with E-state index in [0.717, 1.165) is 31.2 Å². The average Bonchev–Trinajstić information content (AvgIpc) is 3.40. The molecule has 6 nitrogen and oxygen atoms in total. The average molecular weight is 339 g/mol. The minimum Gasteiger partial charge on any atom is -0.348 e. The molecule has 1 aromatic heterocycles. The van der Waals surface area contributed by atoms with Crippen LogP contribution < -0.4 is 5.32 Å². The summed E-state index contributed by atoms with van der Waals surface area (Å²) in [7, 11) is 0. The summed E-state index contributed by atoms with van der Waals surface area (Å²) in [5.41, 5.74) is 1.21. The number of aryl methyl sites for hydroxylation is 1. The Kier molecular flexibility index (Phi) is 4.53. The van der Waals surface area contributed by atoms with E-state index in [9.17, 15) is 4.79 Å². The highest BCUT2D eigenvalue weighted by Crippen LogP contribution is 2.40. The molecular weight excluding hydrogens is 314 g/mol. The van der Waals surface area contributed by atoms with Gasteiger partial charge in [0.2, 0.25) is 5.91 Å². The van der Waals surface area contributed by atoms with E-state index in [1.54, 1.807) is 0 Å². The van der Waals surface area contributed by atoms with Crippen LogP contribution in [0.2, 0.25) is 0 Å². The molecule has 132 valence electrons. The normalized spacial score (nSPS) is 18.6. The molecule has 1 amide bonds. The Morgan fingerprint density at radius 2 is 2.04 bits per heavy atom. The fraction of sp³-hybridized carbons (Fsp3) is 0.526. The number of carbonyl (C=O) groups excluding carboxylic acids is 1. The largest absolute Gasteiger partial charge is 0.348 e. The smallest absolute Gasteiger partial charge is 0.234 e. The maximum atomic E-state index is 12.6.